The first-order chi connectivity index (χ1) is 8.25. The number of tetrazole rings is 1. The second-order valence-electron chi connectivity index (χ2n) is 4.97. The lowest BCUT2D eigenvalue weighted by Gasteiger charge is -2.24. The van der Waals surface area contributed by atoms with Crippen molar-refractivity contribution in [1.82, 2.24) is 30.8 Å². The molecule has 6 nitrogen and oxygen atoms in total. The zero-order chi connectivity index (χ0) is 12.1. The predicted molar refractivity (Wildman–Crippen MR) is 65.4 cm³/mol. The fourth-order valence-corrected chi connectivity index (χ4v) is 2.33. The molecule has 17 heavy (non-hydrogen) atoms. The van der Waals surface area contributed by atoms with Crippen molar-refractivity contribution in [2.75, 3.05) is 13.1 Å². The first-order valence-corrected chi connectivity index (χ1v) is 6.45. The summed E-state index contributed by atoms with van der Waals surface area (Å²) in [6.07, 6.45) is 3.71. The summed E-state index contributed by atoms with van der Waals surface area (Å²) >= 11 is 0. The van der Waals surface area contributed by atoms with Gasteiger partial charge in [-0.25, -0.2) is 0 Å². The van der Waals surface area contributed by atoms with Crippen LogP contribution in [0.25, 0.3) is 0 Å². The van der Waals surface area contributed by atoms with Crippen molar-refractivity contribution in [3.05, 3.63) is 5.82 Å². The van der Waals surface area contributed by atoms with E-state index in [1.54, 1.807) is 0 Å². The van der Waals surface area contributed by atoms with Gasteiger partial charge in [0.25, 0.3) is 0 Å². The third-order valence-corrected chi connectivity index (χ3v) is 3.43. The summed E-state index contributed by atoms with van der Waals surface area (Å²) in [5.41, 5.74) is 0. The maximum Gasteiger partial charge on any atom is 0.188 e. The molecule has 0 saturated carbocycles. The van der Waals surface area contributed by atoms with Crippen molar-refractivity contribution >= 4 is 0 Å². The maximum absolute atomic E-state index is 3.95. The Morgan fingerprint density at radius 3 is 3.00 bits per heavy atom. The van der Waals surface area contributed by atoms with Crippen LogP contribution in [-0.4, -0.2) is 50.7 Å². The molecule has 1 fully saturated rings. The van der Waals surface area contributed by atoms with Crippen LogP contribution >= 0.6 is 0 Å². The Morgan fingerprint density at radius 1 is 1.41 bits per heavy atom. The van der Waals surface area contributed by atoms with Crippen molar-refractivity contribution in [2.24, 2.45) is 0 Å². The molecule has 1 unspecified atom stereocenters. The number of rotatable bonds is 4. The number of nitrogens with one attached hydrogen (secondary N) is 2. The summed E-state index contributed by atoms with van der Waals surface area (Å²) in [6, 6.07) is 1.24. The molecular formula is C11H22N6. The monoisotopic (exact) mass is 238 g/mol. The van der Waals surface area contributed by atoms with Crippen molar-refractivity contribution < 1.29 is 0 Å². The van der Waals surface area contributed by atoms with E-state index in [-0.39, 0.29) is 0 Å². The molecule has 2 rings (SSSR count). The second kappa shape index (κ2) is 6.07. The lowest BCUT2D eigenvalue weighted by molar-refractivity contribution is 0.229. The van der Waals surface area contributed by atoms with Gasteiger partial charge in [-0.05, 0) is 46.2 Å². The van der Waals surface area contributed by atoms with Crippen LogP contribution in [0.5, 0.6) is 0 Å². The van der Waals surface area contributed by atoms with Crippen molar-refractivity contribution in [2.45, 2.75) is 51.7 Å². The van der Waals surface area contributed by atoms with Crippen LogP contribution in [-0.2, 0) is 6.54 Å². The first-order valence-electron chi connectivity index (χ1n) is 6.45. The van der Waals surface area contributed by atoms with E-state index in [9.17, 15) is 0 Å². The molecule has 1 saturated heterocycles. The molecule has 1 aliphatic heterocycles. The van der Waals surface area contributed by atoms with E-state index in [4.69, 9.17) is 0 Å². The van der Waals surface area contributed by atoms with Crippen LogP contribution in [0.4, 0.5) is 0 Å². The topological polar surface area (TPSA) is 69.7 Å². The minimum Gasteiger partial charge on any atom is -0.307 e. The zero-order valence-electron chi connectivity index (χ0n) is 10.7. The molecule has 0 aliphatic carbocycles. The molecule has 96 valence electrons. The predicted octanol–water partition coefficient (Wildman–Crippen LogP) is 0.552. The number of likely N-dealkylation sites (tertiary alicyclic amines) is 1. The van der Waals surface area contributed by atoms with Crippen molar-refractivity contribution in [3.63, 3.8) is 0 Å². The Bertz CT molecular complexity index is 310. The van der Waals surface area contributed by atoms with Gasteiger partial charge in [-0.2, -0.15) is 5.21 Å². The van der Waals surface area contributed by atoms with E-state index in [0.717, 1.165) is 5.82 Å². The average molecular weight is 238 g/mol. The number of aromatic nitrogens is 4. The van der Waals surface area contributed by atoms with Gasteiger partial charge in [0.15, 0.2) is 5.82 Å². The summed E-state index contributed by atoms with van der Waals surface area (Å²) in [7, 11) is 0. The summed E-state index contributed by atoms with van der Waals surface area (Å²) in [5, 5.41) is 17.4. The average Bonchev–Trinajstić information content (AvgIpc) is 2.70. The summed E-state index contributed by atoms with van der Waals surface area (Å²) in [5.74, 6) is 0.745. The smallest absolute Gasteiger partial charge is 0.188 e. The number of hydrogen-bond acceptors (Lipinski definition) is 5. The highest BCUT2D eigenvalue weighted by molar-refractivity contribution is 4.80. The summed E-state index contributed by atoms with van der Waals surface area (Å²) < 4.78 is 0. The lowest BCUT2D eigenvalue weighted by Crippen LogP contribution is -2.34. The van der Waals surface area contributed by atoms with Gasteiger partial charge in [0.2, 0.25) is 0 Å². The summed E-state index contributed by atoms with van der Waals surface area (Å²) in [6.45, 7) is 7.66. The number of aromatic amines is 1. The molecule has 2 N–H and O–H groups in total. The largest absolute Gasteiger partial charge is 0.307 e. The van der Waals surface area contributed by atoms with Crippen LogP contribution in [0.3, 0.4) is 0 Å². The highest BCUT2D eigenvalue weighted by atomic mass is 15.5. The van der Waals surface area contributed by atoms with E-state index in [1.165, 1.54) is 32.4 Å². The number of nitrogens with zero attached hydrogens (tertiary/aromatic N) is 4. The summed E-state index contributed by atoms with van der Waals surface area (Å²) in [4.78, 5) is 2.55. The number of H-pyrrole nitrogens is 1. The Labute approximate surface area is 102 Å². The molecule has 1 aromatic rings. The molecule has 6 heteroatoms. The van der Waals surface area contributed by atoms with Crippen molar-refractivity contribution in [3.8, 4) is 0 Å². The van der Waals surface area contributed by atoms with Gasteiger partial charge >= 0.3 is 0 Å². The Morgan fingerprint density at radius 2 is 2.29 bits per heavy atom. The standard InChI is InChI=1S/C11H22N6/c1-9(2)17-6-3-4-10(5-7-17)12-8-11-13-15-16-14-11/h9-10,12H,3-8H2,1-2H3,(H,13,14,15,16). The minimum absolute atomic E-state index is 0.581. The van der Waals surface area contributed by atoms with Gasteiger partial charge in [0, 0.05) is 12.1 Å². The molecule has 0 radical (unpaired) electrons. The molecule has 0 bridgehead atoms. The Kier molecular flexibility index (Phi) is 4.44. The van der Waals surface area contributed by atoms with E-state index >= 15 is 0 Å². The van der Waals surface area contributed by atoms with E-state index in [2.05, 4.69) is 44.7 Å². The molecule has 1 aromatic heterocycles. The highest BCUT2D eigenvalue weighted by Crippen LogP contribution is 2.13. The SMILES string of the molecule is CC(C)N1CCCC(NCc2nn[nH]n2)CC1. The normalized spacial score (nSPS) is 22.9. The molecule has 1 aliphatic rings. The number of hydrogen-bond donors (Lipinski definition) is 2. The molecular weight excluding hydrogens is 216 g/mol. The van der Waals surface area contributed by atoms with Gasteiger partial charge in [0.05, 0.1) is 6.54 Å². The quantitative estimate of drug-likeness (QED) is 0.802. The van der Waals surface area contributed by atoms with Gasteiger partial charge in [-0.3, -0.25) is 0 Å². The van der Waals surface area contributed by atoms with Crippen LogP contribution < -0.4 is 5.32 Å². The van der Waals surface area contributed by atoms with Gasteiger partial charge in [0.1, 0.15) is 0 Å². The zero-order valence-corrected chi connectivity index (χ0v) is 10.7. The lowest BCUT2D eigenvalue weighted by atomic mass is 10.1. The first kappa shape index (κ1) is 12.4. The third-order valence-electron chi connectivity index (χ3n) is 3.43. The maximum atomic E-state index is 3.95. The molecule has 2 heterocycles. The fourth-order valence-electron chi connectivity index (χ4n) is 2.33. The van der Waals surface area contributed by atoms with Crippen LogP contribution in [0.1, 0.15) is 38.9 Å². The van der Waals surface area contributed by atoms with Gasteiger partial charge in [-0.15, -0.1) is 10.2 Å². The van der Waals surface area contributed by atoms with Crippen LogP contribution in [0.2, 0.25) is 0 Å². The minimum atomic E-state index is 0.581. The molecule has 0 amide bonds. The highest BCUT2D eigenvalue weighted by Gasteiger charge is 2.18. The molecule has 1 atom stereocenters. The molecule has 0 aromatic carbocycles. The Balaban J connectivity index is 1.75. The third kappa shape index (κ3) is 3.74. The van der Waals surface area contributed by atoms with Crippen LogP contribution in [0, 0.1) is 0 Å². The van der Waals surface area contributed by atoms with Crippen LogP contribution in [0.15, 0.2) is 0 Å². The Hall–Kier alpha value is -1.01. The molecule has 0 spiro atoms. The second-order valence-corrected chi connectivity index (χ2v) is 4.97. The van der Waals surface area contributed by atoms with Gasteiger partial charge < -0.3 is 10.2 Å². The van der Waals surface area contributed by atoms with E-state index < -0.39 is 0 Å². The van der Waals surface area contributed by atoms with E-state index in [0.29, 0.717) is 18.6 Å². The van der Waals surface area contributed by atoms with Gasteiger partial charge in [-0.1, -0.05) is 5.21 Å². The fraction of sp³-hybridized carbons (Fsp3) is 0.909. The van der Waals surface area contributed by atoms with E-state index in [1.807, 2.05) is 0 Å². The van der Waals surface area contributed by atoms with Crippen molar-refractivity contribution in [1.29, 1.82) is 0 Å².